The number of fused-ring (bicyclic) bond motifs is 4. The Morgan fingerprint density at radius 1 is 0.980 bits per heavy atom. The lowest BCUT2D eigenvalue weighted by molar-refractivity contribution is -2.00. The topological polar surface area (TPSA) is 134 Å². The number of ether oxygens (including phenoxy) is 2. The van der Waals surface area contributed by atoms with Crippen LogP contribution in [0.1, 0.15) is 128 Å². The molecular weight excluding hydrogens is 668 g/mol. The molecule has 0 amide bonds. The van der Waals surface area contributed by atoms with Crippen molar-refractivity contribution in [3.8, 4) is 11.5 Å². The zero-order valence-corrected chi connectivity index (χ0v) is 31.4. The number of allylic oxidation sites excluding steroid dienone is 1. The maximum atomic E-state index is 13.6. The van der Waals surface area contributed by atoms with E-state index in [0.29, 0.717) is 18.1 Å². The van der Waals surface area contributed by atoms with Crippen LogP contribution in [0, 0.1) is 10.2 Å². The molecule has 0 aromatic heterocycles. The van der Waals surface area contributed by atoms with Gasteiger partial charge in [-0.2, -0.15) is 0 Å². The number of rotatable bonds is 7. The lowest BCUT2D eigenvalue weighted by Gasteiger charge is -2.47. The fourth-order valence-electron chi connectivity index (χ4n) is 8.17. The Labute approximate surface area is 304 Å². The first kappa shape index (κ1) is 40.0. The van der Waals surface area contributed by atoms with Gasteiger partial charge in [0.1, 0.15) is 18.0 Å². The number of esters is 1. The van der Waals surface area contributed by atoms with Crippen molar-refractivity contribution in [2.75, 3.05) is 24.6 Å². The van der Waals surface area contributed by atoms with Crippen molar-refractivity contribution in [2.24, 2.45) is 0 Å². The molecule has 0 N–H and O–H groups in total. The molecule has 51 heavy (non-hydrogen) atoms. The number of hydrogen-bond acceptors (Lipinski definition) is 8. The van der Waals surface area contributed by atoms with Gasteiger partial charge >= 0.3 is 5.97 Å². The molecule has 3 aliphatic rings. The van der Waals surface area contributed by atoms with Crippen LogP contribution in [0.5, 0.6) is 11.5 Å². The summed E-state index contributed by atoms with van der Waals surface area (Å²) in [4.78, 5) is 16.1. The molecule has 276 valence electrons. The third-order valence-corrected chi connectivity index (χ3v) is 10.1. The molecule has 1 atom stereocenters. The van der Waals surface area contributed by atoms with Crippen molar-refractivity contribution in [1.82, 2.24) is 4.58 Å². The lowest BCUT2D eigenvalue weighted by Crippen LogP contribution is -2.68. The maximum absolute atomic E-state index is 13.6. The van der Waals surface area contributed by atoms with Crippen molar-refractivity contribution >= 4 is 22.8 Å². The predicted molar refractivity (Wildman–Crippen MR) is 192 cm³/mol. The van der Waals surface area contributed by atoms with Gasteiger partial charge in [-0.3, -0.25) is 0 Å². The highest BCUT2D eigenvalue weighted by molar-refractivity contribution is 5.99. The van der Waals surface area contributed by atoms with Crippen LogP contribution in [0.4, 0.5) is 5.69 Å². The Kier molecular flexibility index (Phi) is 11.8. The predicted octanol–water partition coefficient (Wildman–Crippen LogP) is 3.70. The van der Waals surface area contributed by atoms with E-state index >= 15 is 0 Å². The Morgan fingerprint density at radius 2 is 1.65 bits per heavy atom. The third-order valence-electron chi connectivity index (χ3n) is 10.1. The number of carbonyl (C=O) groups is 1. The minimum Gasteiger partial charge on any atom is -0.462 e. The van der Waals surface area contributed by atoms with Crippen LogP contribution < -0.4 is 43.4 Å². The minimum atomic E-state index is -4.94. The molecule has 10 heteroatoms. The van der Waals surface area contributed by atoms with E-state index in [0.717, 1.165) is 65.8 Å². The third kappa shape index (κ3) is 8.03. The monoisotopic (exact) mass is 720 g/mol. The maximum Gasteiger partial charge on any atom is 0.338 e. The second-order valence-corrected chi connectivity index (χ2v) is 15.3. The SMILES string of the molecule is C.CCCCOC(=O)c1ccccc1C1=c2cc3c(cc2Oc2cc4c(cc21)C(C)CC(C)(C)N4CC)=[N+](CC)C(C)(C)C=C3C.[O-][Cl+3]([O-])([O-])[O-]. The molecule has 0 spiro atoms. The van der Waals surface area contributed by atoms with E-state index in [4.69, 9.17) is 28.1 Å². The molecule has 0 bridgehead atoms. The van der Waals surface area contributed by atoms with Gasteiger partial charge < -0.3 is 14.4 Å². The van der Waals surface area contributed by atoms with Gasteiger partial charge in [-0.25, -0.2) is 28.0 Å². The molecular formula is C41H53ClN2O7. The second-order valence-electron chi connectivity index (χ2n) is 14.5. The summed E-state index contributed by atoms with van der Waals surface area (Å²) in [5, 5.41) is 2.19. The van der Waals surface area contributed by atoms with E-state index in [2.05, 4.69) is 108 Å². The summed E-state index contributed by atoms with van der Waals surface area (Å²) in [6.07, 6.45) is 5.25. The summed E-state index contributed by atoms with van der Waals surface area (Å²) in [5.41, 5.74) is 8.47. The van der Waals surface area contributed by atoms with E-state index in [-0.39, 0.29) is 24.5 Å². The zero-order chi connectivity index (χ0) is 36.8. The number of halogens is 1. The van der Waals surface area contributed by atoms with Crippen LogP contribution in [0.2, 0.25) is 0 Å². The highest BCUT2D eigenvalue weighted by Gasteiger charge is 2.38. The molecule has 3 aromatic carbocycles. The van der Waals surface area contributed by atoms with Crippen LogP contribution >= 0.6 is 0 Å². The van der Waals surface area contributed by atoms with Gasteiger partial charge in [0, 0.05) is 59.6 Å². The number of likely N-dealkylation sites (N-methyl/N-ethyl adjacent to an activating group) is 1. The van der Waals surface area contributed by atoms with Crippen molar-refractivity contribution in [3.05, 3.63) is 93.0 Å². The molecule has 9 nitrogen and oxygen atoms in total. The number of anilines is 1. The van der Waals surface area contributed by atoms with Crippen LogP contribution in [0.15, 0.2) is 54.6 Å². The highest BCUT2D eigenvalue weighted by Crippen LogP contribution is 2.49. The average molecular weight is 721 g/mol. The van der Waals surface area contributed by atoms with Gasteiger partial charge in [-0.05, 0) is 94.4 Å². The zero-order valence-electron chi connectivity index (χ0n) is 30.6. The summed E-state index contributed by atoms with van der Waals surface area (Å²) in [6.45, 7) is 22.5. The van der Waals surface area contributed by atoms with Gasteiger partial charge in [-0.1, -0.05) is 45.9 Å². The molecule has 0 saturated heterocycles. The van der Waals surface area contributed by atoms with Gasteiger partial charge in [0.05, 0.1) is 18.2 Å². The summed E-state index contributed by atoms with van der Waals surface area (Å²) in [7, 11) is -4.94. The molecule has 3 heterocycles. The van der Waals surface area contributed by atoms with E-state index in [1.807, 2.05) is 18.2 Å². The first-order chi connectivity index (χ1) is 23.4. The number of nitrogens with zero attached hydrogens (tertiary/aromatic N) is 2. The van der Waals surface area contributed by atoms with Crippen LogP contribution in [-0.4, -0.2) is 36.7 Å². The fraction of sp³-hybridized carbons (Fsp3) is 0.463. The van der Waals surface area contributed by atoms with Crippen molar-refractivity contribution in [1.29, 1.82) is 0 Å². The number of hydrogen-bond donors (Lipinski definition) is 0. The standard InChI is InChI=1S/C40H49N2O3.CH4.ClHO4/c1-10-13-18-44-38(43)28-17-15-14-16-27(28)37-31-19-29-25(4)23-39(6,7)41(11-2)33(29)21-35(31)45-36-22-34-30(20-32(36)37)26(5)24-40(8,9)42(34)12-3;;2-1(3,4)5/h14-17,19-23,26H,10-13,18,24H2,1-9H3;1H4;(H,2,3,4,5)/q+1;;/p-1. The molecule has 3 aromatic rings. The lowest BCUT2D eigenvalue weighted by atomic mass is 9.78. The first-order valence-electron chi connectivity index (χ1n) is 17.5. The minimum absolute atomic E-state index is 0. The molecule has 0 saturated carbocycles. The van der Waals surface area contributed by atoms with E-state index in [1.54, 1.807) is 0 Å². The quantitative estimate of drug-likeness (QED) is 0.160. The van der Waals surface area contributed by atoms with E-state index in [9.17, 15) is 4.79 Å². The molecule has 1 unspecified atom stereocenters. The molecule has 0 radical (unpaired) electrons. The Balaban J connectivity index is 0.000000909. The van der Waals surface area contributed by atoms with Gasteiger partial charge in [-0.15, -0.1) is 10.2 Å². The number of benzene rings is 3. The molecule has 0 aliphatic carbocycles. The second kappa shape index (κ2) is 15.1. The summed E-state index contributed by atoms with van der Waals surface area (Å²) >= 11 is 0. The van der Waals surface area contributed by atoms with Crippen molar-refractivity contribution < 1.29 is 43.1 Å². The number of carbonyl (C=O) groups excluding carboxylic acids is 1. The van der Waals surface area contributed by atoms with E-state index in [1.165, 1.54) is 27.7 Å². The largest absolute Gasteiger partial charge is 0.462 e. The van der Waals surface area contributed by atoms with Crippen molar-refractivity contribution in [2.45, 2.75) is 106 Å². The van der Waals surface area contributed by atoms with Crippen LogP contribution in [0.25, 0.3) is 11.1 Å². The van der Waals surface area contributed by atoms with E-state index < -0.39 is 10.2 Å². The fourth-order valence-corrected chi connectivity index (χ4v) is 8.17. The normalized spacial score (nSPS) is 18.0. The van der Waals surface area contributed by atoms with Gasteiger partial charge in [0.25, 0.3) is 0 Å². The molecule has 6 rings (SSSR count). The van der Waals surface area contributed by atoms with Gasteiger partial charge in [0.2, 0.25) is 5.36 Å². The molecule has 3 aliphatic heterocycles. The highest BCUT2D eigenvalue weighted by atomic mass is 35.7. The first-order valence-corrected chi connectivity index (χ1v) is 18.7. The Bertz CT molecular complexity index is 1950. The summed E-state index contributed by atoms with van der Waals surface area (Å²) < 4.78 is 49.1. The summed E-state index contributed by atoms with van der Waals surface area (Å²) in [6, 6.07) is 17.0. The molecule has 0 fully saturated rings. The Hall–Kier alpha value is -3.73. The van der Waals surface area contributed by atoms with Gasteiger partial charge in [0.15, 0.2) is 5.54 Å². The summed E-state index contributed by atoms with van der Waals surface area (Å²) in [5.74, 6) is 1.76. The smallest absolute Gasteiger partial charge is 0.338 e. The number of unbranched alkanes of at least 4 members (excludes halogenated alkanes) is 1. The van der Waals surface area contributed by atoms with Crippen LogP contribution in [-0.2, 0) is 4.74 Å². The van der Waals surface area contributed by atoms with Crippen LogP contribution in [0.3, 0.4) is 0 Å². The van der Waals surface area contributed by atoms with Crippen molar-refractivity contribution in [3.63, 3.8) is 0 Å². The average Bonchev–Trinajstić information content (AvgIpc) is 3.01. The Morgan fingerprint density at radius 3 is 2.27 bits per heavy atom.